The van der Waals surface area contributed by atoms with Crippen molar-refractivity contribution in [2.24, 2.45) is 0 Å². The minimum Gasteiger partial charge on any atom is -0.299 e. The lowest BCUT2D eigenvalue weighted by molar-refractivity contribution is -0.135. The van der Waals surface area contributed by atoms with Crippen LogP contribution < -0.4 is 10.2 Å². The Morgan fingerprint density at radius 2 is 1.96 bits per heavy atom. The number of piperidine rings is 1. The molecule has 0 bridgehead atoms. The van der Waals surface area contributed by atoms with Gasteiger partial charge in [-0.1, -0.05) is 26.0 Å². The van der Waals surface area contributed by atoms with Crippen molar-refractivity contribution in [3.8, 4) is 0 Å². The van der Waals surface area contributed by atoms with Crippen molar-refractivity contribution in [3.05, 3.63) is 29.3 Å². The minimum absolute atomic E-state index is 0.0371. The van der Waals surface area contributed by atoms with Crippen molar-refractivity contribution in [2.75, 3.05) is 4.90 Å². The van der Waals surface area contributed by atoms with Crippen molar-refractivity contribution >= 4 is 23.4 Å². The molecule has 1 N–H and O–H groups in total. The third-order valence-electron chi connectivity index (χ3n) is 5.33. The lowest BCUT2D eigenvalue weighted by Gasteiger charge is -2.30. The van der Waals surface area contributed by atoms with E-state index in [0.29, 0.717) is 12.3 Å². The molecule has 2 heterocycles. The summed E-state index contributed by atoms with van der Waals surface area (Å²) in [5, 5.41) is 2.37. The summed E-state index contributed by atoms with van der Waals surface area (Å²) in [6.45, 7) is 4.26. The first-order valence-electron chi connectivity index (χ1n) is 8.26. The Hall–Kier alpha value is -2.17. The lowest BCUT2D eigenvalue weighted by Crippen LogP contribution is -2.54. The maximum Gasteiger partial charge on any atom is 0.249 e. The standard InChI is InChI=1S/C18H20N2O3/c1-10(2)11-4-3-5-12-15(11)18(8-9-18)17(23)20(12)13-6-7-14(21)19-16(13)22/h3-5,10,13H,6-9H2,1-2H3,(H,19,21,22). The predicted octanol–water partition coefficient (Wildman–Crippen LogP) is 1.99. The fourth-order valence-electron chi connectivity index (χ4n) is 4.03. The summed E-state index contributed by atoms with van der Waals surface area (Å²) in [6.07, 6.45) is 2.39. The Kier molecular flexibility index (Phi) is 2.92. The highest BCUT2D eigenvalue weighted by Gasteiger charge is 2.61. The molecule has 1 aromatic rings. The highest BCUT2D eigenvalue weighted by atomic mass is 16.2. The van der Waals surface area contributed by atoms with E-state index in [0.717, 1.165) is 24.1 Å². The Labute approximate surface area is 135 Å². The average Bonchev–Trinajstić information content (AvgIpc) is 3.26. The number of hydrogen-bond acceptors (Lipinski definition) is 3. The molecule has 23 heavy (non-hydrogen) atoms. The van der Waals surface area contributed by atoms with Crippen molar-refractivity contribution in [1.82, 2.24) is 5.32 Å². The largest absolute Gasteiger partial charge is 0.299 e. The number of amides is 3. The normalized spacial score (nSPS) is 25.1. The SMILES string of the molecule is CC(C)c1cccc2c1C1(CC1)C(=O)N2C1CCC(=O)NC1=O. The molecular formula is C18H20N2O3. The number of benzene rings is 1. The number of hydrogen-bond donors (Lipinski definition) is 1. The van der Waals surface area contributed by atoms with E-state index < -0.39 is 11.5 Å². The first-order chi connectivity index (χ1) is 11.0. The molecule has 1 saturated carbocycles. The van der Waals surface area contributed by atoms with E-state index in [-0.39, 0.29) is 24.1 Å². The van der Waals surface area contributed by atoms with Crippen molar-refractivity contribution in [3.63, 3.8) is 0 Å². The zero-order valence-electron chi connectivity index (χ0n) is 13.4. The third-order valence-corrected chi connectivity index (χ3v) is 5.33. The van der Waals surface area contributed by atoms with Crippen LogP contribution >= 0.6 is 0 Å². The Balaban J connectivity index is 1.83. The monoisotopic (exact) mass is 312 g/mol. The average molecular weight is 312 g/mol. The number of nitrogens with zero attached hydrogens (tertiary/aromatic N) is 1. The first kappa shape index (κ1) is 14.4. The fraction of sp³-hybridized carbons (Fsp3) is 0.500. The van der Waals surface area contributed by atoms with Gasteiger partial charge in [-0.2, -0.15) is 0 Å². The van der Waals surface area contributed by atoms with E-state index in [4.69, 9.17) is 0 Å². The molecule has 1 spiro atoms. The number of anilines is 1. The van der Waals surface area contributed by atoms with Crippen LogP contribution in [0, 0.1) is 0 Å². The number of carbonyl (C=O) groups is 3. The second-order valence-electron chi connectivity index (χ2n) is 7.12. The van der Waals surface area contributed by atoms with E-state index >= 15 is 0 Å². The van der Waals surface area contributed by atoms with Gasteiger partial charge in [0.25, 0.3) is 0 Å². The molecule has 120 valence electrons. The van der Waals surface area contributed by atoms with Gasteiger partial charge in [-0.25, -0.2) is 0 Å². The quantitative estimate of drug-likeness (QED) is 0.849. The fourth-order valence-corrected chi connectivity index (χ4v) is 4.03. The van der Waals surface area contributed by atoms with Crippen LogP contribution in [0.15, 0.2) is 18.2 Å². The van der Waals surface area contributed by atoms with Gasteiger partial charge in [-0.15, -0.1) is 0 Å². The Bertz CT molecular complexity index is 734. The molecule has 2 aliphatic heterocycles. The summed E-state index contributed by atoms with van der Waals surface area (Å²) in [7, 11) is 0. The molecular weight excluding hydrogens is 292 g/mol. The molecule has 3 amide bonds. The van der Waals surface area contributed by atoms with Crippen LogP contribution in [0.1, 0.15) is 56.6 Å². The smallest absolute Gasteiger partial charge is 0.249 e. The molecule has 1 aromatic carbocycles. The van der Waals surface area contributed by atoms with Gasteiger partial charge in [-0.3, -0.25) is 24.6 Å². The van der Waals surface area contributed by atoms with Gasteiger partial charge in [0.15, 0.2) is 0 Å². The molecule has 1 saturated heterocycles. The zero-order chi connectivity index (χ0) is 16.4. The van der Waals surface area contributed by atoms with E-state index in [2.05, 4.69) is 25.2 Å². The number of imide groups is 1. The van der Waals surface area contributed by atoms with Crippen molar-refractivity contribution in [2.45, 2.75) is 56.9 Å². The van der Waals surface area contributed by atoms with Gasteiger partial charge < -0.3 is 0 Å². The molecule has 1 atom stereocenters. The van der Waals surface area contributed by atoms with Crippen LogP contribution in [-0.4, -0.2) is 23.8 Å². The lowest BCUT2D eigenvalue weighted by atomic mass is 9.87. The highest BCUT2D eigenvalue weighted by Crippen LogP contribution is 2.59. The van der Waals surface area contributed by atoms with Gasteiger partial charge >= 0.3 is 0 Å². The summed E-state index contributed by atoms with van der Waals surface area (Å²) in [5.41, 5.74) is 2.76. The summed E-state index contributed by atoms with van der Waals surface area (Å²) in [4.78, 5) is 38.5. The van der Waals surface area contributed by atoms with Crippen molar-refractivity contribution < 1.29 is 14.4 Å². The second-order valence-corrected chi connectivity index (χ2v) is 7.12. The molecule has 5 heteroatoms. The zero-order valence-corrected chi connectivity index (χ0v) is 13.4. The highest BCUT2D eigenvalue weighted by molar-refractivity contribution is 6.15. The van der Waals surface area contributed by atoms with Gasteiger partial charge in [0.2, 0.25) is 17.7 Å². The van der Waals surface area contributed by atoms with E-state index in [1.54, 1.807) is 4.90 Å². The summed E-state index contributed by atoms with van der Waals surface area (Å²) in [5.74, 6) is -0.240. The number of fused-ring (bicyclic) bond motifs is 2. The predicted molar refractivity (Wildman–Crippen MR) is 85.1 cm³/mol. The van der Waals surface area contributed by atoms with Crippen molar-refractivity contribution in [1.29, 1.82) is 0 Å². The van der Waals surface area contributed by atoms with E-state index in [1.165, 1.54) is 5.56 Å². The summed E-state index contributed by atoms with van der Waals surface area (Å²) >= 11 is 0. The van der Waals surface area contributed by atoms with E-state index in [9.17, 15) is 14.4 Å². The molecule has 0 radical (unpaired) electrons. The van der Waals surface area contributed by atoms with Gasteiger partial charge in [0.1, 0.15) is 6.04 Å². The van der Waals surface area contributed by atoms with Crippen LogP contribution in [0.2, 0.25) is 0 Å². The number of nitrogens with one attached hydrogen (secondary N) is 1. The molecule has 1 aliphatic carbocycles. The van der Waals surface area contributed by atoms with Crippen LogP contribution in [0.4, 0.5) is 5.69 Å². The number of rotatable bonds is 2. The summed E-state index contributed by atoms with van der Waals surface area (Å²) < 4.78 is 0. The second kappa shape index (κ2) is 4.66. The molecule has 2 fully saturated rings. The van der Waals surface area contributed by atoms with Crippen LogP contribution in [0.3, 0.4) is 0 Å². The third kappa shape index (κ3) is 1.89. The maximum atomic E-state index is 13.1. The van der Waals surface area contributed by atoms with Gasteiger partial charge in [0.05, 0.1) is 5.41 Å². The molecule has 0 aromatic heterocycles. The van der Waals surface area contributed by atoms with E-state index in [1.807, 2.05) is 12.1 Å². The maximum absolute atomic E-state index is 13.1. The van der Waals surface area contributed by atoms with Crippen LogP contribution in [0.5, 0.6) is 0 Å². The Morgan fingerprint density at radius 3 is 2.57 bits per heavy atom. The van der Waals surface area contributed by atoms with Crippen LogP contribution in [-0.2, 0) is 19.8 Å². The minimum atomic E-state index is -0.568. The van der Waals surface area contributed by atoms with Crippen LogP contribution in [0.25, 0.3) is 0 Å². The molecule has 4 rings (SSSR count). The molecule has 1 unspecified atom stereocenters. The van der Waals surface area contributed by atoms with Gasteiger partial charge in [0, 0.05) is 12.1 Å². The first-order valence-corrected chi connectivity index (χ1v) is 8.26. The van der Waals surface area contributed by atoms with Gasteiger partial charge in [-0.05, 0) is 42.4 Å². The molecule has 3 aliphatic rings. The number of carbonyl (C=O) groups excluding carboxylic acids is 3. The topological polar surface area (TPSA) is 66.5 Å². The molecule has 5 nitrogen and oxygen atoms in total. The Morgan fingerprint density at radius 1 is 1.22 bits per heavy atom. The summed E-state index contributed by atoms with van der Waals surface area (Å²) in [6, 6.07) is 5.42.